The van der Waals surface area contributed by atoms with Crippen LogP contribution in [0.25, 0.3) is 11.0 Å². The number of ether oxygens (including phenoxy) is 1. The van der Waals surface area contributed by atoms with Crippen molar-refractivity contribution in [1.29, 1.82) is 0 Å². The van der Waals surface area contributed by atoms with Crippen molar-refractivity contribution in [1.82, 2.24) is 10.2 Å². The van der Waals surface area contributed by atoms with Crippen LogP contribution in [-0.2, 0) is 0 Å². The third-order valence-corrected chi connectivity index (χ3v) is 6.52. The second-order valence-corrected chi connectivity index (χ2v) is 9.24. The van der Waals surface area contributed by atoms with Crippen molar-refractivity contribution in [3.05, 3.63) is 69.6 Å². The fourth-order valence-electron chi connectivity index (χ4n) is 4.54. The number of nitrogens with zero attached hydrogens (tertiary/aromatic N) is 2. The van der Waals surface area contributed by atoms with E-state index >= 15 is 0 Å². The number of carbonyl (C=O) groups is 2. The van der Waals surface area contributed by atoms with Gasteiger partial charge >= 0.3 is 6.18 Å². The lowest BCUT2D eigenvalue weighted by Gasteiger charge is -2.36. The Morgan fingerprint density at radius 2 is 1.79 bits per heavy atom. The molecule has 12 heteroatoms. The SMILES string of the molecule is Cc1c(C(N)=O)oc2c(C(=O)NCCCN3CCN(c4ccccc4OCC(F)(F)F)CC3)cccc2c1=O. The van der Waals surface area contributed by atoms with E-state index in [0.717, 1.165) is 0 Å². The van der Waals surface area contributed by atoms with Gasteiger partial charge in [-0.15, -0.1) is 0 Å². The van der Waals surface area contributed by atoms with Crippen LogP contribution in [0.2, 0.25) is 0 Å². The zero-order valence-electron chi connectivity index (χ0n) is 21.3. The van der Waals surface area contributed by atoms with Crippen LogP contribution in [0.5, 0.6) is 5.75 Å². The van der Waals surface area contributed by atoms with Gasteiger partial charge in [0.15, 0.2) is 23.4 Å². The Morgan fingerprint density at radius 3 is 2.49 bits per heavy atom. The lowest BCUT2D eigenvalue weighted by molar-refractivity contribution is -0.153. The summed E-state index contributed by atoms with van der Waals surface area (Å²) >= 11 is 0. The highest BCUT2D eigenvalue weighted by Crippen LogP contribution is 2.30. The minimum absolute atomic E-state index is 0.00927. The summed E-state index contributed by atoms with van der Waals surface area (Å²) in [6.07, 6.45) is -3.76. The van der Waals surface area contributed by atoms with Gasteiger partial charge in [-0.25, -0.2) is 0 Å². The highest BCUT2D eigenvalue weighted by molar-refractivity contribution is 6.05. The Hall–Kier alpha value is -4.06. The standard InChI is InChI=1S/C27H29F3N4O5/c1-17-22(35)18-6-4-7-19(24(18)39-23(17)25(31)36)26(37)32-10-5-11-33-12-14-34(15-13-33)20-8-2-3-9-21(20)38-16-27(28,29)30/h2-4,6-9H,5,10-16H2,1H3,(H2,31,36)(H,32,37). The summed E-state index contributed by atoms with van der Waals surface area (Å²) < 4.78 is 48.4. The molecule has 0 saturated carbocycles. The third-order valence-electron chi connectivity index (χ3n) is 6.52. The van der Waals surface area contributed by atoms with Crippen molar-refractivity contribution in [2.75, 3.05) is 50.8 Å². The average Bonchev–Trinajstić information content (AvgIpc) is 2.91. The number of benzene rings is 2. The van der Waals surface area contributed by atoms with Gasteiger partial charge in [0.05, 0.1) is 16.6 Å². The highest BCUT2D eigenvalue weighted by atomic mass is 19.4. The molecule has 39 heavy (non-hydrogen) atoms. The molecule has 0 aliphatic carbocycles. The predicted octanol–water partition coefficient (Wildman–Crippen LogP) is 3.08. The van der Waals surface area contributed by atoms with Crippen molar-refractivity contribution in [2.45, 2.75) is 19.5 Å². The number of amides is 2. The number of carbonyl (C=O) groups excluding carboxylic acids is 2. The lowest BCUT2D eigenvalue weighted by Crippen LogP contribution is -2.47. The van der Waals surface area contributed by atoms with Crippen molar-refractivity contribution >= 4 is 28.5 Å². The molecule has 0 unspecified atom stereocenters. The van der Waals surface area contributed by atoms with Crippen LogP contribution in [0.3, 0.4) is 0 Å². The number of para-hydroxylation sites is 3. The Bertz CT molecular complexity index is 1410. The van der Waals surface area contributed by atoms with Gasteiger partial charge in [-0.3, -0.25) is 19.3 Å². The van der Waals surface area contributed by atoms with Crippen molar-refractivity contribution in [2.24, 2.45) is 5.73 Å². The van der Waals surface area contributed by atoms with E-state index in [0.29, 0.717) is 51.4 Å². The van der Waals surface area contributed by atoms with Gasteiger partial charge in [0.1, 0.15) is 5.75 Å². The fraction of sp³-hybridized carbons (Fsp3) is 0.370. The summed E-state index contributed by atoms with van der Waals surface area (Å²) in [4.78, 5) is 41.3. The maximum absolute atomic E-state index is 12.8. The third kappa shape index (κ3) is 6.69. The van der Waals surface area contributed by atoms with Crippen molar-refractivity contribution < 1.29 is 31.9 Å². The van der Waals surface area contributed by atoms with Gasteiger partial charge < -0.3 is 25.1 Å². The van der Waals surface area contributed by atoms with E-state index in [9.17, 15) is 27.6 Å². The average molecular weight is 547 g/mol. The normalized spacial score (nSPS) is 14.4. The van der Waals surface area contributed by atoms with Crippen LogP contribution in [-0.4, -0.2) is 68.8 Å². The highest BCUT2D eigenvalue weighted by Gasteiger charge is 2.29. The second kappa shape index (κ2) is 11.8. The molecule has 0 atom stereocenters. The van der Waals surface area contributed by atoms with Crippen LogP contribution in [0.1, 0.15) is 32.9 Å². The van der Waals surface area contributed by atoms with Crippen LogP contribution in [0, 0.1) is 6.92 Å². The van der Waals surface area contributed by atoms with Gasteiger partial charge in [0.2, 0.25) is 0 Å². The number of rotatable bonds is 9. The van der Waals surface area contributed by atoms with Gasteiger partial charge in [-0.05, 0) is 44.2 Å². The second-order valence-electron chi connectivity index (χ2n) is 9.24. The quantitative estimate of drug-likeness (QED) is 0.396. The van der Waals surface area contributed by atoms with Gasteiger partial charge in [0.25, 0.3) is 11.8 Å². The van der Waals surface area contributed by atoms with Crippen molar-refractivity contribution in [3.8, 4) is 5.75 Å². The molecule has 0 bridgehead atoms. The molecule has 2 heterocycles. The van der Waals surface area contributed by atoms with Crippen LogP contribution >= 0.6 is 0 Å². The number of nitrogens with two attached hydrogens (primary N) is 1. The van der Waals surface area contributed by atoms with Crippen LogP contribution in [0.4, 0.5) is 18.9 Å². The Labute approximate surface area is 222 Å². The molecule has 1 aliphatic rings. The van der Waals surface area contributed by atoms with E-state index in [2.05, 4.69) is 10.2 Å². The molecule has 9 nitrogen and oxygen atoms in total. The summed E-state index contributed by atoms with van der Waals surface area (Å²) in [5.74, 6) is -1.41. The molecule has 0 radical (unpaired) electrons. The number of piperazine rings is 1. The first-order valence-corrected chi connectivity index (χ1v) is 12.5. The minimum Gasteiger partial charge on any atom is -0.482 e. The molecule has 3 aromatic rings. The topological polar surface area (TPSA) is 118 Å². The largest absolute Gasteiger partial charge is 0.482 e. The molecular weight excluding hydrogens is 517 g/mol. The summed E-state index contributed by atoms with van der Waals surface area (Å²) in [6.45, 7) is 3.81. The first-order valence-electron chi connectivity index (χ1n) is 12.5. The Kier molecular flexibility index (Phi) is 8.44. The molecule has 208 valence electrons. The smallest absolute Gasteiger partial charge is 0.422 e. The van der Waals surface area contributed by atoms with Gasteiger partial charge in [-0.2, -0.15) is 13.2 Å². The van der Waals surface area contributed by atoms with E-state index in [1.807, 2.05) is 4.90 Å². The summed E-state index contributed by atoms with van der Waals surface area (Å²) in [5, 5.41) is 3.01. The van der Waals surface area contributed by atoms with E-state index in [-0.39, 0.29) is 33.6 Å². The van der Waals surface area contributed by atoms with Crippen LogP contribution < -0.4 is 26.1 Å². The molecule has 1 fully saturated rings. The molecule has 0 spiro atoms. The number of primary amides is 1. The number of nitrogens with one attached hydrogen (secondary N) is 1. The molecule has 1 aromatic heterocycles. The fourth-order valence-corrected chi connectivity index (χ4v) is 4.54. The zero-order valence-corrected chi connectivity index (χ0v) is 21.3. The predicted molar refractivity (Wildman–Crippen MR) is 139 cm³/mol. The summed E-state index contributed by atoms with van der Waals surface area (Å²) in [7, 11) is 0. The number of hydrogen-bond acceptors (Lipinski definition) is 7. The lowest BCUT2D eigenvalue weighted by atomic mass is 10.1. The molecule has 3 N–H and O–H groups in total. The number of anilines is 1. The first-order chi connectivity index (χ1) is 18.5. The Morgan fingerprint density at radius 1 is 1.08 bits per heavy atom. The molecule has 2 aromatic carbocycles. The first kappa shape index (κ1) is 28.0. The maximum atomic E-state index is 12.8. The van der Waals surface area contributed by atoms with E-state index in [1.54, 1.807) is 24.3 Å². The number of hydrogen-bond donors (Lipinski definition) is 2. The molecule has 4 rings (SSSR count). The summed E-state index contributed by atoms with van der Waals surface area (Å²) in [5.41, 5.74) is 5.76. The van der Waals surface area contributed by atoms with E-state index in [1.165, 1.54) is 25.1 Å². The minimum atomic E-state index is -4.41. The van der Waals surface area contributed by atoms with E-state index in [4.69, 9.17) is 14.9 Å². The van der Waals surface area contributed by atoms with Gasteiger partial charge in [-0.1, -0.05) is 18.2 Å². The number of halogens is 3. The van der Waals surface area contributed by atoms with Gasteiger partial charge in [0, 0.05) is 38.3 Å². The molecular formula is C27H29F3N4O5. The van der Waals surface area contributed by atoms with Crippen LogP contribution in [0.15, 0.2) is 51.7 Å². The summed E-state index contributed by atoms with van der Waals surface area (Å²) in [6, 6.07) is 11.3. The molecule has 2 amide bonds. The van der Waals surface area contributed by atoms with Crippen molar-refractivity contribution in [3.63, 3.8) is 0 Å². The zero-order chi connectivity index (χ0) is 28.2. The molecule has 1 aliphatic heterocycles. The number of alkyl halides is 3. The Balaban J connectivity index is 1.29. The maximum Gasteiger partial charge on any atom is 0.422 e. The number of fused-ring (bicyclic) bond motifs is 1. The molecule has 1 saturated heterocycles. The monoisotopic (exact) mass is 546 g/mol. The van der Waals surface area contributed by atoms with E-state index < -0.39 is 30.0 Å².